The monoisotopic (exact) mass is 405 g/mol. The molecular weight excluding hydrogens is 381 g/mol. The molecule has 0 saturated heterocycles. The van der Waals surface area contributed by atoms with Gasteiger partial charge in [0.2, 0.25) is 0 Å². The molecule has 5 N–H and O–H groups in total. The lowest BCUT2D eigenvalue weighted by Crippen LogP contribution is -2.04. The number of ether oxygens (including phenoxy) is 1. The number of hydrogen-bond acceptors (Lipinski definition) is 8. The Morgan fingerprint density at radius 1 is 1.21 bits per heavy atom. The zero-order valence-corrected chi connectivity index (χ0v) is 16.3. The quantitative estimate of drug-likeness (QED) is 0.328. The summed E-state index contributed by atoms with van der Waals surface area (Å²) in [7, 11) is 0. The number of hydrogen-bond donors (Lipinski definition) is 4. The fourth-order valence-corrected chi connectivity index (χ4v) is 1.00. The molecule has 0 aliphatic carbocycles. The predicted molar refractivity (Wildman–Crippen MR) is 99.9 cm³/mol. The first kappa shape index (κ1) is 30.6. The lowest BCUT2D eigenvalue weighted by atomic mass is 10.5. The number of aliphatic hydroxyl groups is 1. The van der Waals surface area contributed by atoms with Crippen molar-refractivity contribution in [1.29, 1.82) is 10.8 Å². The van der Waals surface area contributed by atoms with E-state index in [0.717, 1.165) is 0 Å². The molecule has 0 spiro atoms. The highest BCUT2D eigenvalue weighted by Gasteiger charge is 1.95. The van der Waals surface area contributed by atoms with Crippen LogP contribution >= 0.6 is 36.4 Å². The Bertz CT molecular complexity index is 410. The standard InChI is InChI=1S/C5H7ClN4.C5H11NO2.C2H6N2.2ClH/c1-4-7-9-5(2-3-6)10-8-4;1-2-8-5(6)3-4-7;1-2(3)4;;/h2-3H2,1H3;6-7H,2-4H2,1H3;1H3,(H3,3,4);2*1H. The van der Waals surface area contributed by atoms with Crippen molar-refractivity contribution in [3.8, 4) is 0 Å². The van der Waals surface area contributed by atoms with Crippen molar-refractivity contribution in [3.05, 3.63) is 11.6 Å². The average Bonchev–Trinajstić information content (AvgIpc) is 2.42. The van der Waals surface area contributed by atoms with Gasteiger partial charge in [0.25, 0.3) is 0 Å². The highest BCUT2D eigenvalue weighted by Crippen LogP contribution is 1.88. The number of rotatable bonds is 5. The summed E-state index contributed by atoms with van der Waals surface area (Å²) < 4.78 is 4.71. The fraction of sp³-hybridized carbons (Fsp3) is 0.667. The number of alkyl halides is 1. The molecule has 0 amide bonds. The number of halogens is 3. The summed E-state index contributed by atoms with van der Waals surface area (Å²) in [6.07, 6.45) is 0.954. The van der Waals surface area contributed by atoms with E-state index in [2.05, 4.69) is 20.4 Å². The molecule has 0 fully saturated rings. The second-order valence-corrected chi connectivity index (χ2v) is 4.19. The molecule has 1 rings (SSSR count). The van der Waals surface area contributed by atoms with Crippen LogP contribution in [0.3, 0.4) is 0 Å². The maximum absolute atomic E-state index is 8.24. The molecule has 142 valence electrons. The van der Waals surface area contributed by atoms with Crippen LogP contribution in [0.5, 0.6) is 0 Å². The lowest BCUT2D eigenvalue weighted by Gasteiger charge is -1.99. The van der Waals surface area contributed by atoms with Gasteiger partial charge in [-0.05, 0) is 20.8 Å². The van der Waals surface area contributed by atoms with Gasteiger partial charge in [-0.15, -0.1) is 56.8 Å². The number of amidine groups is 1. The van der Waals surface area contributed by atoms with Crippen molar-refractivity contribution in [2.45, 2.75) is 33.6 Å². The van der Waals surface area contributed by atoms with Gasteiger partial charge in [0.05, 0.1) is 19.0 Å². The van der Waals surface area contributed by atoms with E-state index in [1.165, 1.54) is 6.92 Å². The van der Waals surface area contributed by atoms with Gasteiger partial charge in [0.1, 0.15) is 0 Å². The SMILES string of the molecule is CC(=N)N.CCOC(=N)CCO.Cc1nnc(CCCl)nn1.Cl.Cl. The minimum Gasteiger partial charge on any atom is -0.481 e. The molecule has 24 heavy (non-hydrogen) atoms. The molecule has 0 aliphatic rings. The van der Waals surface area contributed by atoms with E-state index in [0.29, 0.717) is 37.0 Å². The number of aliphatic hydroxyl groups excluding tert-OH is 1. The van der Waals surface area contributed by atoms with Crippen molar-refractivity contribution in [3.63, 3.8) is 0 Å². The number of aryl methyl sites for hydroxylation is 2. The first-order chi connectivity index (χ1) is 10.4. The maximum Gasteiger partial charge on any atom is 0.182 e. The molecule has 0 bridgehead atoms. The van der Waals surface area contributed by atoms with E-state index in [4.69, 9.17) is 38.0 Å². The van der Waals surface area contributed by atoms with Crippen LogP contribution in [0.25, 0.3) is 0 Å². The number of nitrogens with one attached hydrogen (secondary N) is 2. The van der Waals surface area contributed by atoms with Crippen molar-refractivity contribution in [2.24, 2.45) is 5.73 Å². The minimum atomic E-state index is -0.00116. The van der Waals surface area contributed by atoms with Gasteiger partial charge in [0.15, 0.2) is 17.5 Å². The normalized spacial score (nSPS) is 8.04. The molecule has 1 aromatic heterocycles. The predicted octanol–water partition coefficient (Wildman–Crippen LogP) is 1.52. The smallest absolute Gasteiger partial charge is 0.182 e. The van der Waals surface area contributed by atoms with Gasteiger partial charge < -0.3 is 15.6 Å². The fourth-order valence-electron chi connectivity index (χ4n) is 0.833. The van der Waals surface area contributed by atoms with Crippen LogP contribution in [-0.4, -0.2) is 56.3 Å². The topological polar surface area (TPSA) is 155 Å². The maximum atomic E-state index is 8.24. The van der Waals surface area contributed by atoms with E-state index in [1.807, 2.05) is 6.92 Å². The summed E-state index contributed by atoms with van der Waals surface area (Å²) >= 11 is 5.44. The van der Waals surface area contributed by atoms with Gasteiger partial charge in [-0.3, -0.25) is 10.8 Å². The molecule has 12 heteroatoms. The van der Waals surface area contributed by atoms with Crippen molar-refractivity contribution >= 4 is 48.1 Å². The molecule has 1 heterocycles. The Morgan fingerprint density at radius 3 is 2.00 bits per heavy atom. The molecule has 0 radical (unpaired) electrons. The van der Waals surface area contributed by atoms with Gasteiger partial charge in [-0.2, -0.15) is 0 Å². The molecule has 0 saturated carbocycles. The van der Waals surface area contributed by atoms with Crippen LogP contribution in [0.4, 0.5) is 0 Å². The van der Waals surface area contributed by atoms with Crippen LogP contribution < -0.4 is 5.73 Å². The molecule has 0 aliphatic heterocycles. The Balaban J connectivity index is -0.000000130. The molecule has 0 atom stereocenters. The third kappa shape index (κ3) is 25.7. The highest BCUT2D eigenvalue weighted by molar-refractivity contribution is 6.17. The second-order valence-electron chi connectivity index (χ2n) is 3.82. The number of nitrogens with two attached hydrogens (primary N) is 1. The molecule has 1 aromatic rings. The second kappa shape index (κ2) is 21.7. The third-order valence-electron chi connectivity index (χ3n) is 1.60. The van der Waals surface area contributed by atoms with Crippen molar-refractivity contribution in [2.75, 3.05) is 19.1 Å². The minimum absolute atomic E-state index is 0. The van der Waals surface area contributed by atoms with Crippen molar-refractivity contribution in [1.82, 2.24) is 20.4 Å². The summed E-state index contributed by atoms with van der Waals surface area (Å²) in [6.45, 7) is 5.59. The van der Waals surface area contributed by atoms with Gasteiger partial charge >= 0.3 is 0 Å². The molecule has 0 aromatic carbocycles. The third-order valence-corrected chi connectivity index (χ3v) is 1.78. The van der Waals surface area contributed by atoms with Crippen LogP contribution in [0.15, 0.2) is 0 Å². The first-order valence-electron chi connectivity index (χ1n) is 6.57. The number of nitrogens with zero attached hydrogens (tertiary/aromatic N) is 4. The van der Waals surface area contributed by atoms with Crippen LogP contribution in [0, 0.1) is 17.7 Å². The summed E-state index contributed by atoms with van der Waals surface area (Å²) in [5.41, 5.74) is 4.69. The lowest BCUT2D eigenvalue weighted by molar-refractivity contribution is 0.271. The van der Waals surface area contributed by atoms with Gasteiger partial charge in [0, 0.05) is 18.7 Å². The zero-order valence-electron chi connectivity index (χ0n) is 14.0. The van der Waals surface area contributed by atoms with Crippen LogP contribution in [0.1, 0.15) is 31.9 Å². The largest absolute Gasteiger partial charge is 0.481 e. The van der Waals surface area contributed by atoms with E-state index in [9.17, 15) is 0 Å². The molecule has 9 nitrogen and oxygen atoms in total. The van der Waals surface area contributed by atoms with E-state index < -0.39 is 0 Å². The van der Waals surface area contributed by atoms with E-state index >= 15 is 0 Å². The Kier molecular flexibility index (Phi) is 27.7. The first-order valence-corrected chi connectivity index (χ1v) is 7.11. The summed E-state index contributed by atoms with van der Waals surface area (Å²) in [6, 6.07) is 0. The Labute approximate surface area is 159 Å². The van der Waals surface area contributed by atoms with E-state index in [-0.39, 0.29) is 43.2 Å². The Hall–Kier alpha value is -1.29. The van der Waals surface area contributed by atoms with Crippen LogP contribution in [-0.2, 0) is 11.2 Å². The molecular formula is C12H26Cl3N7O2. The zero-order chi connectivity index (χ0) is 17.4. The summed E-state index contributed by atoms with van der Waals surface area (Å²) in [4.78, 5) is 0. The van der Waals surface area contributed by atoms with Crippen LogP contribution in [0.2, 0.25) is 0 Å². The van der Waals surface area contributed by atoms with Gasteiger partial charge in [-0.25, -0.2) is 0 Å². The Morgan fingerprint density at radius 2 is 1.67 bits per heavy atom. The van der Waals surface area contributed by atoms with Crippen molar-refractivity contribution < 1.29 is 9.84 Å². The molecule has 0 unspecified atom stereocenters. The van der Waals surface area contributed by atoms with Gasteiger partial charge in [-0.1, -0.05) is 0 Å². The van der Waals surface area contributed by atoms with E-state index in [1.54, 1.807) is 6.92 Å². The summed E-state index contributed by atoms with van der Waals surface area (Å²) in [5, 5.41) is 36.4. The summed E-state index contributed by atoms with van der Waals surface area (Å²) in [5.74, 6) is 2.01. The number of aromatic nitrogens is 4. The highest BCUT2D eigenvalue weighted by atomic mass is 35.5. The average molecular weight is 407 g/mol.